The van der Waals surface area contributed by atoms with Crippen LogP contribution in [0.25, 0.3) is 0 Å². The second-order valence-electron chi connectivity index (χ2n) is 12.1. The van der Waals surface area contributed by atoms with Crippen molar-refractivity contribution in [3.63, 3.8) is 0 Å². The first-order valence-electron chi connectivity index (χ1n) is 16.8. The third-order valence-electron chi connectivity index (χ3n) is 8.16. The zero-order chi connectivity index (χ0) is 37.9. The summed E-state index contributed by atoms with van der Waals surface area (Å²) >= 11 is 0. The van der Waals surface area contributed by atoms with Crippen LogP contribution in [-0.4, -0.2) is 98.4 Å². The number of esters is 5. The number of hydrogen-bond acceptors (Lipinski definition) is 14. The molecular formula is C39H40O14. The Hall–Kier alpha value is -5.41. The average Bonchev–Trinajstić information content (AvgIpc) is 3.15. The maximum Gasteiger partial charge on any atom is 0.338 e. The summed E-state index contributed by atoms with van der Waals surface area (Å²) < 4.78 is 53.4. The molecule has 0 saturated carbocycles. The van der Waals surface area contributed by atoms with Crippen molar-refractivity contribution in [2.45, 2.75) is 76.1 Å². The fourth-order valence-electron chi connectivity index (χ4n) is 5.80. The molecule has 0 radical (unpaired) electrons. The van der Waals surface area contributed by atoms with E-state index in [9.17, 15) is 24.0 Å². The molecule has 0 amide bonds. The second-order valence-corrected chi connectivity index (χ2v) is 12.1. The summed E-state index contributed by atoms with van der Waals surface area (Å²) in [6, 6.07) is 24.1. The maximum absolute atomic E-state index is 13.7. The maximum atomic E-state index is 13.7. The van der Waals surface area contributed by atoms with Crippen molar-refractivity contribution in [1.82, 2.24) is 0 Å². The van der Waals surface area contributed by atoms with Gasteiger partial charge in [-0.2, -0.15) is 0 Å². The van der Waals surface area contributed by atoms with Crippen LogP contribution in [0.4, 0.5) is 0 Å². The van der Waals surface area contributed by atoms with E-state index in [0.29, 0.717) is 0 Å². The van der Waals surface area contributed by atoms with Crippen LogP contribution in [0.3, 0.4) is 0 Å². The van der Waals surface area contributed by atoms with Gasteiger partial charge in [0.2, 0.25) is 0 Å². The van der Waals surface area contributed by atoms with Gasteiger partial charge < -0.3 is 42.6 Å². The highest BCUT2D eigenvalue weighted by molar-refractivity contribution is 5.91. The monoisotopic (exact) mass is 732 g/mol. The zero-order valence-electron chi connectivity index (χ0n) is 29.3. The molecule has 14 nitrogen and oxygen atoms in total. The van der Waals surface area contributed by atoms with Gasteiger partial charge in [-0.1, -0.05) is 60.7 Å². The minimum Gasteiger partial charge on any atom is -0.456 e. The molecule has 2 saturated heterocycles. The summed E-state index contributed by atoms with van der Waals surface area (Å²) in [5, 5.41) is 0. The molecule has 0 unspecified atom stereocenters. The fraction of sp³-hybridized carbons (Fsp3) is 0.359. The summed E-state index contributed by atoms with van der Waals surface area (Å²) in [5.41, 5.74) is 0.492. The number of ether oxygens (including phenoxy) is 9. The van der Waals surface area contributed by atoms with Gasteiger partial charge in [0.25, 0.3) is 0 Å². The van der Waals surface area contributed by atoms with Crippen LogP contribution in [-0.2, 0) is 52.2 Å². The summed E-state index contributed by atoms with van der Waals surface area (Å²) in [5.74, 6) is -3.88. The van der Waals surface area contributed by atoms with E-state index in [1.807, 2.05) is 0 Å². The molecule has 280 valence electrons. The molecule has 0 N–H and O–H groups in total. The van der Waals surface area contributed by atoms with Crippen molar-refractivity contribution >= 4 is 29.8 Å². The van der Waals surface area contributed by atoms with Gasteiger partial charge in [0.05, 0.1) is 36.0 Å². The first-order chi connectivity index (χ1) is 25.5. The summed E-state index contributed by atoms with van der Waals surface area (Å²) in [6.45, 7) is 7.28. The summed E-state index contributed by atoms with van der Waals surface area (Å²) in [7, 11) is 0. The van der Waals surface area contributed by atoms with E-state index in [4.69, 9.17) is 42.6 Å². The highest BCUT2D eigenvalue weighted by atomic mass is 16.8. The first kappa shape index (κ1) is 38.8. The predicted molar refractivity (Wildman–Crippen MR) is 183 cm³/mol. The van der Waals surface area contributed by atoms with Crippen LogP contribution in [0.15, 0.2) is 104 Å². The smallest absolute Gasteiger partial charge is 0.338 e. The Bertz CT molecular complexity index is 1720. The number of carbonyl (C=O) groups is 5. The first-order valence-corrected chi connectivity index (χ1v) is 16.8. The molecule has 0 bridgehead atoms. The lowest BCUT2D eigenvalue weighted by Gasteiger charge is -2.47. The zero-order valence-corrected chi connectivity index (χ0v) is 29.3. The van der Waals surface area contributed by atoms with Crippen molar-refractivity contribution in [2.24, 2.45) is 0 Å². The van der Waals surface area contributed by atoms with Crippen LogP contribution in [0.2, 0.25) is 0 Å². The molecular weight excluding hydrogens is 692 g/mol. The molecule has 2 aliphatic heterocycles. The van der Waals surface area contributed by atoms with Crippen molar-refractivity contribution < 1.29 is 66.6 Å². The molecule has 0 aliphatic carbocycles. The van der Waals surface area contributed by atoms with Gasteiger partial charge in [-0.15, -0.1) is 6.58 Å². The molecule has 5 rings (SSSR count). The standard InChI is InChI=1S/C39H40O14/c1-5-21-45-38-33(31(49-25(4)41)29(22-46-38)48-24(3)40)53-39-34(52-37(44)28-19-13-8-14-20-28)32(51-36(43)27-17-11-7-12-18-27)30(23(2)47-39)50-35(42)26-15-9-6-10-16-26/h5-20,23,29-34,38-39H,1,21-22H2,2-4H3/t23-,29-,30-,31-,32+,33+,34+,38+,39-/m0/s1. The predicted octanol–water partition coefficient (Wildman–Crippen LogP) is 4.22. The van der Waals surface area contributed by atoms with Crippen LogP contribution in [0.1, 0.15) is 51.8 Å². The Morgan fingerprint density at radius 1 is 0.623 bits per heavy atom. The number of hydrogen-bond donors (Lipinski definition) is 0. The van der Waals surface area contributed by atoms with Gasteiger partial charge in [-0.05, 0) is 43.3 Å². The quantitative estimate of drug-likeness (QED) is 0.139. The van der Waals surface area contributed by atoms with Gasteiger partial charge in [0.1, 0.15) is 0 Å². The third kappa shape index (κ3) is 10.1. The topological polar surface area (TPSA) is 168 Å². The van der Waals surface area contributed by atoms with Gasteiger partial charge >= 0.3 is 29.8 Å². The minimum atomic E-state index is -1.63. The molecule has 2 heterocycles. The van der Waals surface area contributed by atoms with Crippen LogP contribution in [0, 0.1) is 0 Å². The van der Waals surface area contributed by atoms with E-state index >= 15 is 0 Å². The second kappa shape index (κ2) is 18.4. The largest absolute Gasteiger partial charge is 0.456 e. The van der Waals surface area contributed by atoms with Crippen molar-refractivity contribution in [2.75, 3.05) is 13.2 Å². The van der Waals surface area contributed by atoms with Gasteiger partial charge in [0.15, 0.2) is 49.2 Å². The Kier molecular flexibility index (Phi) is 13.5. The summed E-state index contributed by atoms with van der Waals surface area (Å²) in [6.07, 6.45) is -10.9. The van der Waals surface area contributed by atoms with Gasteiger partial charge in [-0.3, -0.25) is 9.59 Å². The molecule has 2 aliphatic rings. The minimum absolute atomic E-state index is 0.0290. The lowest BCUT2D eigenvalue weighted by atomic mass is 9.97. The molecule has 2 fully saturated rings. The molecule has 0 spiro atoms. The summed E-state index contributed by atoms with van der Waals surface area (Å²) in [4.78, 5) is 65.2. The Labute approximate surface area is 305 Å². The van der Waals surface area contributed by atoms with E-state index < -0.39 is 85.2 Å². The Morgan fingerprint density at radius 2 is 1.09 bits per heavy atom. The number of benzene rings is 3. The highest BCUT2D eigenvalue weighted by Crippen LogP contribution is 2.34. The normalized spacial score (nSPS) is 26.7. The third-order valence-corrected chi connectivity index (χ3v) is 8.16. The van der Waals surface area contributed by atoms with E-state index in [-0.39, 0.29) is 29.9 Å². The lowest BCUT2D eigenvalue weighted by molar-refractivity contribution is -0.351. The number of rotatable bonds is 13. The average molecular weight is 733 g/mol. The SMILES string of the molecule is C=CCO[C@@H]1OC[C@H](OC(C)=O)[C@H](OC(C)=O)[C@H]1O[C@@H]1O[C@@H](C)[C@H](OC(=O)c2ccccc2)[C@@H](OC(=O)c2ccccc2)[C@H]1OC(=O)c1ccccc1. The molecule has 53 heavy (non-hydrogen) atoms. The van der Waals surface area contributed by atoms with Crippen molar-refractivity contribution in [1.29, 1.82) is 0 Å². The molecule has 9 atom stereocenters. The lowest BCUT2D eigenvalue weighted by Crippen LogP contribution is -2.65. The fourth-order valence-corrected chi connectivity index (χ4v) is 5.80. The van der Waals surface area contributed by atoms with E-state index in [0.717, 1.165) is 6.92 Å². The van der Waals surface area contributed by atoms with E-state index in [1.165, 1.54) is 37.3 Å². The molecule has 3 aromatic carbocycles. The van der Waals surface area contributed by atoms with Crippen molar-refractivity contribution in [3.8, 4) is 0 Å². The Balaban J connectivity index is 1.58. The van der Waals surface area contributed by atoms with Gasteiger partial charge in [0, 0.05) is 13.8 Å². The van der Waals surface area contributed by atoms with E-state index in [1.54, 1.807) is 73.7 Å². The van der Waals surface area contributed by atoms with Crippen LogP contribution < -0.4 is 0 Å². The highest BCUT2D eigenvalue weighted by Gasteiger charge is 2.55. The molecule has 14 heteroatoms. The van der Waals surface area contributed by atoms with Crippen molar-refractivity contribution in [3.05, 3.63) is 120 Å². The number of carbonyl (C=O) groups excluding carboxylic acids is 5. The Morgan fingerprint density at radius 3 is 1.57 bits per heavy atom. The van der Waals surface area contributed by atoms with E-state index in [2.05, 4.69) is 6.58 Å². The van der Waals surface area contributed by atoms with Crippen LogP contribution in [0.5, 0.6) is 0 Å². The molecule has 0 aromatic heterocycles. The van der Waals surface area contributed by atoms with Gasteiger partial charge in [-0.25, -0.2) is 14.4 Å². The molecule has 3 aromatic rings. The van der Waals surface area contributed by atoms with Crippen LogP contribution >= 0.6 is 0 Å².